The monoisotopic (exact) mass is 357 g/mol. The van der Waals surface area contributed by atoms with Crippen LogP contribution in [0.1, 0.15) is 41.5 Å². The van der Waals surface area contributed by atoms with Crippen molar-refractivity contribution in [2.24, 2.45) is 5.92 Å². The molecule has 1 aromatic heterocycles. The highest BCUT2D eigenvalue weighted by molar-refractivity contribution is 7.10. The van der Waals surface area contributed by atoms with Gasteiger partial charge in [0.05, 0.1) is 6.04 Å². The Morgan fingerprint density at radius 3 is 2.80 bits per heavy atom. The standard InChI is InChI=1S/C19H23N3O2S/c1-13(2)11-16(17-7-4-10-25-17)21-18(23)14-5-3-6-15(12-14)22-9-8-20-19(22)24/h3-7,10,12-13,16H,8-9,11H2,1-2H3,(H,20,24)(H,21,23). The van der Waals surface area contributed by atoms with Crippen LogP contribution >= 0.6 is 11.3 Å². The maximum atomic E-state index is 12.8. The van der Waals surface area contributed by atoms with Crippen molar-refractivity contribution in [1.29, 1.82) is 0 Å². The maximum absolute atomic E-state index is 12.8. The molecule has 5 nitrogen and oxygen atoms in total. The molecule has 1 fully saturated rings. The van der Waals surface area contributed by atoms with Gasteiger partial charge in [-0.1, -0.05) is 26.0 Å². The zero-order valence-corrected chi connectivity index (χ0v) is 15.3. The number of hydrogen-bond acceptors (Lipinski definition) is 3. The topological polar surface area (TPSA) is 61.4 Å². The van der Waals surface area contributed by atoms with Crippen LogP contribution in [0, 0.1) is 5.92 Å². The fourth-order valence-electron chi connectivity index (χ4n) is 2.98. The number of carbonyl (C=O) groups excluding carboxylic acids is 2. The van der Waals surface area contributed by atoms with E-state index in [4.69, 9.17) is 0 Å². The van der Waals surface area contributed by atoms with Gasteiger partial charge in [-0.3, -0.25) is 9.69 Å². The van der Waals surface area contributed by atoms with Gasteiger partial charge in [0.25, 0.3) is 5.91 Å². The van der Waals surface area contributed by atoms with Gasteiger partial charge in [0.15, 0.2) is 0 Å². The van der Waals surface area contributed by atoms with Gasteiger partial charge in [0.1, 0.15) is 0 Å². The van der Waals surface area contributed by atoms with Gasteiger partial charge in [-0.05, 0) is 42.0 Å². The summed E-state index contributed by atoms with van der Waals surface area (Å²) in [6.07, 6.45) is 0.889. The molecule has 132 valence electrons. The third-order valence-electron chi connectivity index (χ3n) is 4.18. The zero-order valence-electron chi connectivity index (χ0n) is 14.5. The van der Waals surface area contributed by atoms with E-state index in [1.165, 1.54) is 0 Å². The number of urea groups is 1. The van der Waals surface area contributed by atoms with E-state index in [0.717, 1.165) is 17.0 Å². The van der Waals surface area contributed by atoms with E-state index in [0.29, 0.717) is 24.6 Å². The molecular formula is C19H23N3O2S. The molecule has 1 saturated heterocycles. The van der Waals surface area contributed by atoms with Crippen LogP contribution in [0.2, 0.25) is 0 Å². The summed E-state index contributed by atoms with van der Waals surface area (Å²) in [6.45, 7) is 5.55. The summed E-state index contributed by atoms with van der Waals surface area (Å²) < 4.78 is 0. The number of nitrogens with zero attached hydrogens (tertiary/aromatic N) is 1. The Bertz CT molecular complexity index is 743. The lowest BCUT2D eigenvalue weighted by Gasteiger charge is -2.20. The predicted molar refractivity (Wildman–Crippen MR) is 101 cm³/mol. The van der Waals surface area contributed by atoms with E-state index in [1.807, 2.05) is 23.6 Å². The second-order valence-electron chi connectivity index (χ2n) is 6.60. The van der Waals surface area contributed by atoms with Gasteiger partial charge in [-0.2, -0.15) is 0 Å². The second kappa shape index (κ2) is 7.70. The Hall–Kier alpha value is -2.34. The molecular weight excluding hydrogens is 334 g/mol. The lowest BCUT2D eigenvalue weighted by molar-refractivity contribution is 0.0932. The molecule has 3 rings (SSSR count). The van der Waals surface area contributed by atoms with Crippen LogP contribution in [-0.4, -0.2) is 25.0 Å². The van der Waals surface area contributed by atoms with Gasteiger partial charge < -0.3 is 10.6 Å². The first-order chi connectivity index (χ1) is 12.0. The Balaban J connectivity index is 1.76. The zero-order chi connectivity index (χ0) is 17.8. The van der Waals surface area contributed by atoms with Gasteiger partial charge >= 0.3 is 6.03 Å². The number of carbonyl (C=O) groups is 2. The average molecular weight is 357 g/mol. The first kappa shape index (κ1) is 17.5. The molecule has 1 aliphatic rings. The molecule has 2 N–H and O–H groups in total. The molecule has 3 amide bonds. The molecule has 1 aromatic carbocycles. The summed E-state index contributed by atoms with van der Waals surface area (Å²) in [6, 6.07) is 11.2. The van der Waals surface area contributed by atoms with Crippen molar-refractivity contribution >= 4 is 29.0 Å². The molecule has 0 aliphatic carbocycles. The number of anilines is 1. The fraction of sp³-hybridized carbons (Fsp3) is 0.368. The van der Waals surface area contributed by atoms with E-state index in [1.54, 1.807) is 28.4 Å². The quantitative estimate of drug-likeness (QED) is 0.826. The number of benzene rings is 1. The lowest BCUT2D eigenvalue weighted by Crippen LogP contribution is -2.30. The van der Waals surface area contributed by atoms with Crippen molar-refractivity contribution in [3.8, 4) is 0 Å². The van der Waals surface area contributed by atoms with E-state index in [9.17, 15) is 9.59 Å². The number of hydrogen-bond donors (Lipinski definition) is 2. The van der Waals surface area contributed by atoms with Crippen molar-refractivity contribution in [3.05, 3.63) is 52.2 Å². The minimum atomic E-state index is -0.117. The molecule has 0 bridgehead atoms. The van der Waals surface area contributed by atoms with Crippen LogP contribution in [0.5, 0.6) is 0 Å². The molecule has 0 saturated carbocycles. The van der Waals surface area contributed by atoms with Gasteiger partial charge in [0.2, 0.25) is 0 Å². The average Bonchev–Trinajstić information content (AvgIpc) is 3.25. The highest BCUT2D eigenvalue weighted by Gasteiger charge is 2.23. The summed E-state index contributed by atoms with van der Waals surface area (Å²) in [5.41, 5.74) is 1.32. The minimum absolute atomic E-state index is 0.00578. The van der Waals surface area contributed by atoms with Crippen LogP contribution in [0.3, 0.4) is 0 Å². The largest absolute Gasteiger partial charge is 0.344 e. The van der Waals surface area contributed by atoms with E-state index in [2.05, 4.69) is 30.5 Å². The molecule has 0 spiro atoms. The number of thiophene rings is 1. The van der Waals surface area contributed by atoms with Crippen molar-refractivity contribution in [2.75, 3.05) is 18.0 Å². The summed E-state index contributed by atoms with van der Waals surface area (Å²) in [5, 5.41) is 7.95. The van der Waals surface area contributed by atoms with Crippen LogP contribution in [0.25, 0.3) is 0 Å². The molecule has 0 radical (unpaired) electrons. The van der Waals surface area contributed by atoms with E-state index >= 15 is 0 Å². The van der Waals surface area contributed by atoms with Crippen LogP contribution in [0.15, 0.2) is 41.8 Å². The highest BCUT2D eigenvalue weighted by atomic mass is 32.1. The Morgan fingerprint density at radius 2 is 2.16 bits per heavy atom. The number of amides is 3. The minimum Gasteiger partial charge on any atom is -0.344 e. The summed E-state index contributed by atoms with van der Waals surface area (Å²) in [4.78, 5) is 27.4. The Morgan fingerprint density at radius 1 is 1.32 bits per heavy atom. The van der Waals surface area contributed by atoms with Crippen LogP contribution in [-0.2, 0) is 0 Å². The molecule has 1 atom stereocenters. The van der Waals surface area contributed by atoms with Crippen LogP contribution in [0.4, 0.5) is 10.5 Å². The summed E-state index contributed by atoms with van der Waals surface area (Å²) >= 11 is 1.66. The summed E-state index contributed by atoms with van der Waals surface area (Å²) in [5.74, 6) is 0.368. The normalized spacial score (nSPS) is 15.3. The van der Waals surface area contributed by atoms with Gasteiger partial charge in [0, 0.05) is 29.2 Å². The third kappa shape index (κ3) is 4.20. The highest BCUT2D eigenvalue weighted by Crippen LogP contribution is 2.26. The summed E-state index contributed by atoms with van der Waals surface area (Å²) in [7, 11) is 0. The van der Waals surface area contributed by atoms with Crippen molar-refractivity contribution < 1.29 is 9.59 Å². The number of nitrogens with one attached hydrogen (secondary N) is 2. The molecule has 6 heteroatoms. The fourth-order valence-corrected chi connectivity index (χ4v) is 3.77. The molecule has 25 heavy (non-hydrogen) atoms. The third-order valence-corrected chi connectivity index (χ3v) is 5.16. The lowest BCUT2D eigenvalue weighted by atomic mass is 10.0. The molecule has 2 heterocycles. The molecule has 2 aromatic rings. The van der Waals surface area contributed by atoms with Crippen molar-refractivity contribution in [1.82, 2.24) is 10.6 Å². The smallest absolute Gasteiger partial charge is 0.321 e. The first-order valence-electron chi connectivity index (χ1n) is 8.54. The second-order valence-corrected chi connectivity index (χ2v) is 7.58. The van der Waals surface area contributed by atoms with Crippen LogP contribution < -0.4 is 15.5 Å². The number of rotatable bonds is 6. The van der Waals surface area contributed by atoms with E-state index in [-0.39, 0.29) is 18.0 Å². The Labute approximate surface area is 152 Å². The maximum Gasteiger partial charge on any atom is 0.321 e. The SMILES string of the molecule is CC(C)CC(NC(=O)c1cccc(N2CCNC2=O)c1)c1cccs1. The Kier molecular flexibility index (Phi) is 5.38. The van der Waals surface area contributed by atoms with Crippen molar-refractivity contribution in [3.63, 3.8) is 0 Å². The van der Waals surface area contributed by atoms with E-state index < -0.39 is 0 Å². The van der Waals surface area contributed by atoms with Gasteiger partial charge in [-0.25, -0.2) is 4.79 Å². The predicted octanol–water partition coefficient (Wildman–Crippen LogP) is 3.79. The molecule has 1 unspecified atom stereocenters. The van der Waals surface area contributed by atoms with Gasteiger partial charge in [-0.15, -0.1) is 11.3 Å². The van der Waals surface area contributed by atoms with Crippen molar-refractivity contribution in [2.45, 2.75) is 26.3 Å². The molecule has 1 aliphatic heterocycles. The first-order valence-corrected chi connectivity index (χ1v) is 9.42.